The van der Waals surface area contributed by atoms with Crippen molar-refractivity contribution in [1.29, 1.82) is 0 Å². The first kappa shape index (κ1) is 11.9. The van der Waals surface area contributed by atoms with Gasteiger partial charge in [-0.15, -0.1) is 11.8 Å². The maximum atomic E-state index is 11.4. The average molecular weight is 222 g/mol. The molecule has 0 saturated carbocycles. The molecule has 0 saturated heterocycles. The van der Waals surface area contributed by atoms with E-state index in [1.54, 1.807) is 18.7 Å². The minimum Gasteiger partial charge on any atom is -0.462 e. The highest BCUT2D eigenvalue weighted by atomic mass is 32.2. The Morgan fingerprint density at radius 3 is 2.47 bits per heavy atom. The Morgan fingerprint density at radius 1 is 1.40 bits per heavy atom. The molecular weight excluding hydrogens is 208 g/mol. The number of benzene rings is 1. The lowest BCUT2D eigenvalue weighted by Gasteiger charge is -2.05. The SMILES string of the molecule is C=C(C(=O)OCC)c1ccc(SC)cc1. The van der Waals surface area contributed by atoms with Crippen LogP contribution >= 0.6 is 11.8 Å². The fraction of sp³-hybridized carbons (Fsp3) is 0.250. The average Bonchev–Trinajstić information content (AvgIpc) is 2.28. The van der Waals surface area contributed by atoms with E-state index in [9.17, 15) is 4.79 Å². The molecule has 15 heavy (non-hydrogen) atoms. The second-order valence-corrected chi connectivity index (χ2v) is 3.81. The maximum absolute atomic E-state index is 11.4. The number of esters is 1. The largest absolute Gasteiger partial charge is 0.462 e. The van der Waals surface area contributed by atoms with Crippen LogP contribution in [0, 0.1) is 0 Å². The lowest BCUT2D eigenvalue weighted by atomic mass is 10.1. The van der Waals surface area contributed by atoms with Crippen molar-refractivity contribution in [3.63, 3.8) is 0 Å². The van der Waals surface area contributed by atoms with Gasteiger partial charge in [0.15, 0.2) is 0 Å². The van der Waals surface area contributed by atoms with Crippen molar-refractivity contribution in [2.75, 3.05) is 12.9 Å². The van der Waals surface area contributed by atoms with Crippen LogP contribution in [0.3, 0.4) is 0 Å². The first-order chi connectivity index (χ1) is 7.19. The molecule has 0 heterocycles. The number of hydrogen-bond donors (Lipinski definition) is 0. The van der Waals surface area contributed by atoms with Gasteiger partial charge in [-0.1, -0.05) is 18.7 Å². The van der Waals surface area contributed by atoms with Crippen LogP contribution in [0.2, 0.25) is 0 Å². The molecule has 0 radical (unpaired) electrons. The van der Waals surface area contributed by atoms with Gasteiger partial charge in [0.05, 0.1) is 12.2 Å². The van der Waals surface area contributed by atoms with Gasteiger partial charge in [0.25, 0.3) is 0 Å². The van der Waals surface area contributed by atoms with Crippen molar-refractivity contribution in [3.05, 3.63) is 36.4 Å². The fourth-order valence-electron chi connectivity index (χ4n) is 1.13. The Balaban J connectivity index is 2.78. The Labute approximate surface area is 94.3 Å². The number of carbonyl (C=O) groups excluding carboxylic acids is 1. The van der Waals surface area contributed by atoms with E-state index in [4.69, 9.17) is 4.74 Å². The summed E-state index contributed by atoms with van der Waals surface area (Å²) in [6.07, 6.45) is 2.01. The number of rotatable bonds is 4. The highest BCUT2D eigenvalue weighted by Gasteiger charge is 2.09. The van der Waals surface area contributed by atoms with Crippen molar-refractivity contribution >= 4 is 23.3 Å². The quantitative estimate of drug-likeness (QED) is 0.445. The van der Waals surface area contributed by atoms with E-state index >= 15 is 0 Å². The number of hydrogen-bond acceptors (Lipinski definition) is 3. The van der Waals surface area contributed by atoms with Crippen LogP contribution in [0.1, 0.15) is 12.5 Å². The highest BCUT2D eigenvalue weighted by molar-refractivity contribution is 7.98. The Morgan fingerprint density at radius 2 is 2.00 bits per heavy atom. The predicted octanol–water partition coefficient (Wildman–Crippen LogP) is 2.98. The minimum absolute atomic E-state index is 0.352. The van der Waals surface area contributed by atoms with Crippen LogP contribution < -0.4 is 0 Å². The molecule has 0 fully saturated rings. The molecule has 0 atom stereocenters. The van der Waals surface area contributed by atoms with Gasteiger partial charge < -0.3 is 4.74 Å². The molecule has 0 N–H and O–H groups in total. The van der Waals surface area contributed by atoms with Crippen molar-refractivity contribution in [2.24, 2.45) is 0 Å². The molecule has 0 spiro atoms. The Hall–Kier alpha value is -1.22. The molecule has 0 aliphatic heterocycles. The van der Waals surface area contributed by atoms with Crippen LogP contribution in [0.5, 0.6) is 0 Å². The normalized spacial score (nSPS) is 9.73. The fourth-order valence-corrected chi connectivity index (χ4v) is 1.54. The van der Waals surface area contributed by atoms with Crippen LogP contribution in [0.15, 0.2) is 35.7 Å². The second kappa shape index (κ2) is 5.61. The van der Waals surface area contributed by atoms with Gasteiger partial charge in [-0.05, 0) is 30.9 Å². The molecule has 0 bridgehead atoms. The van der Waals surface area contributed by atoms with E-state index in [1.807, 2.05) is 30.5 Å². The summed E-state index contributed by atoms with van der Waals surface area (Å²) in [4.78, 5) is 12.5. The molecule has 0 aliphatic rings. The standard InChI is InChI=1S/C12H14O2S/c1-4-14-12(13)9(2)10-5-7-11(15-3)8-6-10/h5-8H,2,4H2,1,3H3. The zero-order valence-electron chi connectivity index (χ0n) is 8.95. The van der Waals surface area contributed by atoms with Crippen LogP contribution in [-0.2, 0) is 9.53 Å². The van der Waals surface area contributed by atoms with Crippen LogP contribution in [-0.4, -0.2) is 18.8 Å². The molecule has 1 aromatic rings. The van der Waals surface area contributed by atoms with Gasteiger partial charge in [0.2, 0.25) is 0 Å². The molecule has 1 aromatic carbocycles. The summed E-state index contributed by atoms with van der Waals surface area (Å²) in [6, 6.07) is 7.69. The maximum Gasteiger partial charge on any atom is 0.338 e. The highest BCUT2D eigenvalue weighted by Crippen LogP contribution is 2.19. The van der Waals surface area contributed by atoms with Crippen molar-refractivity contribution in [2.45, 2.75) is 11.8 Å². The third kappa shape index (κ3) is 3.13. The van der Waals surface area contributed by atoms with Crippen molar-refractivity contribution in [3.8, 4) is 0 Å². The van der Waals surface area contributed by atoms with Gasteiger partial charge in [-0.2, -0.15) is 0 Å². The zero-order chi connectivity index (χ0) is 11.3. The molecule has 80 valence electrons. The number of ether oxygens (including phenoxy) is 1. The summed E-state index contributed by atoms with van der Waals surface area (Å²) >= 11 is 1.66. The van der Waals surface area contributed by atoms with Gasteiger partial charge in [-0.3, -0.25) is 0 Å². The Bertz CT molecular complexity index is 354. The lowest BCUT2D eigenvalue weighted by Crippen LogP contribution is -2.05. The summed E-state index contributed by atoms with van der Waals surface area (Å²) in [5, 5.41) is 0. The number of thioether (sulfide) groups is 1. The van der Waals surface area contributed by atoms with Crippen molar-refractivity contribution < 1.29 is 9.53 Å². The van der Waals surface area contributed by atoms with Gasteiger partial charge >= 0.3 is 5.97 Å². The molecule has 1 rings (SSSR count). The monoisotopic (exact) mass is 222 g/mol. The second-order valence-electron chi connectivity index (χ2n) is 2.93. The zero-order valence-corrected chi connectivity index (χ0v) is 9.76. The summed E-state index contributed by atoms with van der Waals surface area (Å²) in [5.74, 6) is -0.352. The van der Waals surface area contributed by atoms with Gasteiger partial charge in [-0.25, -0.2) is 4.79 Å². The molecule has 2 nitrogen and oxygen atoms in total. The molecular formula is C12H14O2S. The summed E-state index contributed by atoms with van der Waals surface area (Å²) in [6.45, 7) is 5.87. The van der Waals surface area contributed by atoms with E-state index in [0.29, 0.717) is 12.2 Å². The molecule has 0 aliphatic carbocycles. The van der Waals surface area contributed by atoms with E-state index in [1.165, 1.54) is 0 Å². The van der Waals surface area contributed by atoms with Gasteiger partial charge in [0, 0.05) is 4.90 Å². The molecule has 0 unspecified atom stereocenters. The smallest absolute Gasteiger partial charge is 0.338 e. The van der Waals surface area contributed by atoms with E-state index in [0.717, 1.165) is 10.5 Å². The van der Waals surface area contributed by atoms with E-state index in [-0.39, 0.29) is 5.97 Å². The molecule has 3 heteroatoms. The van der Waals surface area contributed by atoms with Crippen LogP contribution in [0.4, 0.5) is 0 Å². The summed E-state index contributed by atoms with van der Waals surface area (Å²) in [5.41, 5.74) is 1.22. The first-order valence-corrected chi connectivity index (χ1v) is 5.92. The van der Waals surface area contributed by atoms with Crippen LogP contribution in [0.25, 0.3) is 5.57 Å². The summed E-state index contributed by atoms with van der Waals surface area (Å²) < 4.78 is 4.87. The third-order valence-electron chi connectivity index (χ3n) is 1.96. The molecule has 0 aromatic heterocycles. The number of carbonyl (C=O) groups is 1. The third-order valence-corrected chi connectivity index (χ3v) is 2.70. The van der Waals surface area contributed by atoms with E-state index < -0.39 is 0 Å². The summed E-state index contributed by atoms with van der Waals surface area (Å²) in [7, 11) is 0. The topological polar surface area (TPSA) is 26.3 Å². The molecule has 0 amide bonds. The van der Waals surface area contributed by atoms with Gasteiger partial charge in [0.1, 0.15) is 0 Å². The predicted molar refractivity (Wildman–Crippen MR) is 63.9 cm³/mol. The lowest BCUT2D eigenvalue weighted by molar-refractivity contribution is -0.136. The van der Waals surface area contributed by atoms with Crippen molar-refractivity contribution in [1.82, 2.24) is 0 Å². The Kier molecular flexibility index (Phi) is 4.43. The minimum atomic E-state index is -0.352. The van der Waals surface area contributed by atoms with E-state index in [2.05, 4.69) is 6.58 Å². The first-order valence-electron chi connectivity index (χ1n) is 4.69.